The van der Waals surface area contributed by atoms with Crippen molar-refractivity contribution in [2.75, 3.05) is 4.72 Å². The van der Waals surface area contributed by atoms with Crippen molar-refractivity contribution in [3.05, 3.63) is 87.0 Å². The molecule has 1 N–H and O–H groups in total. The lowest BCUT2D eigenvalue weighted by Crippen LogP contribution is -2.14. The molecule has 4 rings (SSSR count). The number of halogens is 1. The third-order valence-electron chi connectivity index (χ3n) is 4.69. The van der Waals surface area contributed by atoms with E-state index in [-0.39, 0.29) is 15.9 Å². The number of fused-ring (bicyclic) bond motifs is 1. The average molecular weight is 489 g/mol. The highest BCUT2D eigenvalue weighted by atomic mass is 35.5. The van der Waals surface area contributed by atoms with Crippen LogP contribution in [-0.2, 0) is 16.6 Å². The number of thiazole rings is 1. The first kappa shape index (κ1) is 22.4. The fraction of sp³-hybridized carbons (Fsp3) is 0.174. The lowest BCUT2D eigenvalue weighted by atomic mass is 10.2. The minimum atomic E-state index is -3.85. The molecule has 0 saturated heterocycles. The van der Waals surface area contributed by atoms with Gasteiger partial charge in [0.1, 0.15) is 5.75 Å². The molecule has 0 radical (unpaired) electrons. The molecule has 0 unspecified atom stereocenters. The van der Waals surface area contributed by atoms with Crippen molar-refractivity contribution in [1.82, 2.24) is 4.57 Å². The molecule has 4 aromatic rings. The molecule has 0 saturated carbocycles. The zero-order valence-corrected chi connectivity index (χ0v) is 19.8. The van der Waals surface area contributed by atoms with Crippen molar-refractivity contribution >= 4 is 48.9 Å². The number of anilines is 1. The molecule has 32 heavy (non-hydrogen) atoms. The Balaban J connectivity index is 1.64. The molecular weight excluding hydrogens is 468 g/mol. The van der Waals surface area contributed by atoms with Crippen LogP contribution < -0.4 is 14.3 Å². The van der Waals surface area contributed by atoms with Crippen LogP contribution >= 0.6 is 22.9 Å². The summed E-state index contributed by atoms with van der Waals surface area (Å²) >= 11 is 7.24. The molecule has 1 heterocycles. The number of sulfonamides is 1. The van der Waals surface area contributed by atoms with Crippen LogP contribution in [0.25, 0.3) is 10.2 Å². The van der Waals surface area contributed by atoms with Gasteiger partial charge >= 0.3 is 4.87 Å². The number of rotatable bonds is 7. The number of hydrogen-bond acceptors (Lipinski definition) is 5. The Morgan fingerprint density at radius 2 is 1.84 bits per heavy atom. The van der Waals surface area contributed by atoms with Crippen molar-refractivity contribution in [1.29, 1.82) is 0 Å². The smallest absolute Gasteiger partial charge is 0.308 e. The Morgan fingerprint density at radius 1 is 1.06 bits per heavy atom. The van der Waals surface area contributed by atoms with Gasteiger partial charge in [-0.25, -0.2) is 8.42 Å². The Hall–Kier alpha value is -2.81. The highest BCUT2D eigenvalue weighted by Gasteiger charge is 2.18. The zero-order valence-electron chi connectivity index (χ0n) is 17.4. The largest absolute Gasteiger partial charge is 0.491 e. The summed E-state index contributed by atoms with van der Waals surface area (Å²) in [5.74, 6) is 0.575. The predicted octanol–water partition coefficient (Wildman–Crippen LogP) is 5.35. The van der Waals surface area contributed by atoms with E-state index < -0.39 is 10.0 Å². The second kappa shape index (κ2) is 8.97. The van der Waals surface area contributed by atoms with Gasteiger partial charge in [-0.05, 0) is 55.8 Å². The van der Waals surface area contributed by atoms with Gasteiger partial charge in [-0.2, -0.15) is 0 Å². The summed E-state index contributed by atoms with van der Waals surface area (Å²) in [6, 6.07) is 18.8. The first-order chi connectivity index (χ1) is 15.2. The van der Waals surface area contributed by atoms with Crippen molar-refractivity contribution in [3.63, 3.8) is 0 Å². The van der Waals surface area contributed by atoms with Crippen molar-refractivity contribution in [2.45, 2.75) is 31.4 Å². The minimum Gasteiger partial charge on any atom is -0.491 e. The van der Waals surface area contributed by atoms with E-state index in [0.29, 0.717) is 33.2 Å². The van der Waals surface area contributed by atoms with Gasteiger partial charge in [0.2, 0.25) is 0 Å². The Morgan fingerprint density at radius 3 is 2.59 bits per heavy atom. The molecule has 0 bridgehead atoms. The Kier molecular flexibility index (Phi) is 6.28. The van der Waals surface area contributed by atoms with Crippen LogP contribution in [0.3, 0.4) is 0 Å². The summed E-state index contributed by atoms with van der Waals surface area (Å²) in [7, 11) is -3.85. The monoisotopic (exact) mass is 488 g/mol. The molecule has 0 fully saturated rings. The van der Waals surface area contributed by atoms with Crippen molar-refractivity contribution in [3.8, 4) is 5.75 Å². The van der Waals surface area contributed by atoms with E-state index in [1.54, 1.807) is 41.0 Å². The summed E-state index contributed by atoms with van der Waals surface area (Å²) in [4.78, 5) is 12.5. The van der Waals surface area contributed by atoms with Crippen LogP contribution in [0.15, 0.2) is 76.4 Å². The molecule has 6 nitrogen and oxygen atoms in total. The first-order valence-corrected chi connectivity index (χ1v) is 12.6. The topological polar surface area (TPSA) is 77.4 Å². The highest BCUT2D eigenvalue weighted by molar-refractivity contribution is 7.92. The summed E-state index contributed by atoms with van der Waals surface area (Å²) in [6.07, 6.45) is -0.0261. The predicted molar refractivity (Wildman–Crippen MR) is 130 cm³/mol. The van der Waals surface area contributed by atoms with Gasteiger partial charge in [0.25, 0.3) is 10.0 Å². The molecule has 9 heteroatoms. The third-order valence-corrected chi connectivity index (χ3v) is 7.38. The van der Waals surface area contributed by atoms with Gasteiger partial charge in [0.05, 0.1) is 33.4 Å². The quantitative estimate of drug-likeness (QED) is 0.380. The van der Waals surface area contributed by atoms with E-state index in [2.05, 4.69) is 4.72 Å². The number of nitrogens with zero attached hydrogens (tertiary/aromatic N) is 1. The summed E-state index contributed by atoms with van der Waals surface area (Å²) in [6.45, 7) is 4.11. The molecule has 0 atom stereocenters. The van der Waals surface area contributed by atoms with Crippen LogP contribution in [0.4, 0.5) is 5.69 Å². The molecule has 3 aromatic carbocycles. The maximum absolute atomic E-state index is 13.0. The number of nitrogens with one attached hydrogen (secondary N) is 1. The molecule has 1 aromatic heterocycles. The molecule has 166 valence electrons. The Labute approximate surface area is 195 Å². The number of benzene rings is 3. The van der Waals surface area contributed by atoms with Gasteiger partial charge in [-0.3, -0.25) is 14.1 Å². The minimum absolute atomic E-state index is 0.0261. The lowest BCUT2D eigenvalue weighted by Gasteiger charge is -2.12. The fourth-order valence-electron chi connectivity index (χ4n) is 3.28. The van der Waals surface area contributed by atoms with Crippen LogP contribution in [0.5, 0.6) is 5.75 Å². The van der Waals surface area contributed by atoms with Gasteiger partial charge in [0, 0.05) is 11.1 Å². The molecular formula is C23H21ClN2O4S2. The maximum atomic E-state index is 13.0. The summed E-state index contributed by atoms with van der Waals surface area (Å²) < 4.78 is 36.3. The second-order valence-electron chi connectivity index (χ2n) is 7.47. The van der Waals surface area contributed by atoms with Crippen LogP contribution in [0.2, 0.25) is 5.02 Å². The van der Waals surface area contributed by atoms with Crippen molar-refractivity contribution in [2.24, 2.45) is 0 Å². The van der Waals surface area contributed by atoms with Crippen LogP contribution in [0, 0.1) is 0 Å². The van der Waals surface area contributed by atoms with Crippen molar-refractivity contribution < 1.29 is 13.2 Å². The average Bonchev–Trinajstić information content (AvgIpc) is 3.03. The van der Waals surface area contributed by atoms with E-state index in [0.717, 1.165) is 16.9 Å². The first-order valence-electron chi connectivity index (χ1n) is 9.89. The van der Waals surface area contributed by atoms with Crippen LogP contribution in [0.1, 0.15) is 19.4 Å². The van der Waals surface area contributed by atoms with E-state index in [1.165, 1.54) is 12.1 Å². The number of hydrogen-bond donors (Lipinski definition) is 1. The highest BCUT2D eigenvalue weighted by Crippen LogP contribution is 2.26. The molecule has 0 aliphatic heterocycles. The molecule has 0 aliphatic carbocycles. The fourth-order valence-corrected chi connectivity index (χ4v) is 5.56. The van der Waals surface area contributed by atoms with E-state index in [1.807, 2.05) is 32.0 Å². The molecule has 0 aliphatic rings. The molecule has 0 spiro atoms. The van der Waals surface area contributed by atoms with Gasteiger partial charge in [-0.15, -0.1) is 0 Å². The number of aromatic nitrogens is 1. The standard InChI is InChI=1S/C23H21ClN2O4S2/c1-15(2)30-18-8-5-7-17(12-18)25-32(28,29)19-10-11-21-22(13-19)31-23(27)26(21)14-16-6-3-4-9-20(16)24/h3-13,15,25H,14H2,1-2H3. The summed E-state index contributed by atoms with van der Waals surface area (Å²) in [5.41, 5.74) is 1.87. The lowest BCUT2D eigenvalue weighted by molar-refractivity contribution is 0.242. The number of ether oxygens (including phenoxy) is 1. The molecule has 0 amide bonds. The maximum Gasteiger partial charge on any atom is 0.308 e. The van der Waals surface area contributed by atoms with E-state index in [9.17, 15) is 13.2 Å². The summed E-state index contributed by atoms with van der Waals surface area (Å²) in [5, 5.41) is 0.575. The SMILES string of the molecule is CC(C)Oc1cccc(NS(=O)(=O)c2ccc3c(c2)sc(=O)n3Cc2ccccc2Cl)c1. The zero-order chi connectivity index (χ0) is 22.9. The van der Waals surface area contributed by atoms with Gasteiger partial charge in [0.15, 0.2) is 0 Å². The van der Waals surface area contributed by atoms with Gasteiger partial charge < -0.3 is 4.74 Å². The Bertz CT molecular complexity index is 1440. The van der Waals surface area contributed by atoms with Crippen LogP contribution in [-0.4, -0.2) is 19.1 Å². The van der Waals surface area contributed by atoms with Gasteiger partial charge in [-0.1, -0.05) is 47.2 Å². The second-order valence-corrected chi connectivity index (χ2v) is 10.6. The third kappa shape index (κ3) is 4.82. The van der Waals surface area contributed by atoms with E-state index in [4.69, 9.17) is 16.3 Å². The normalized spacial score (nSPS) is 11.8. The van der Waals surface area contributed by atoms with E-state index >= 15 is 0 Å².